The lowest BCUT2D eigenvalue weighted by Gasteiger charge is -2.16. The molecule has 1 aliphatic heterocycles. The van der Waals surface area contributed by atoms with Gasteiger partial charge in [-0.15, -0.1) is 0 Å². The predicted octanol–water partition coefficient (Wildman–Crippen LogP) is 1.56. The largest absolute Gasteiger partial charge is 0.483 e. The number of carbonyl (C=O) groups is 1. The summed E-state index contributed by atoms with van der Waals surface area (Å²) in [7, 11) is 0. The van der Waals surface area contributed by atoms with Gasteiger partial charge in [0.1, 0.15) is 11.6 Å². The fraction of sp³-hybridized carbons (Fsp3) is 0.417. The third-order valence-corrected chi connectivity index (χ3v) is 3.38. The van der Waals surface area contributed by atoms with E-state index in [9.17, 15) is 14.3 Å². The Balaban J connectivity index is 1.89. The number of rotatable bonds is 3. The summed E-state index contributed by atoms with van der Waals surface area (Å²) in [6, 6.07) is 4.01. The smallest absolute Gasteiger partial charge is 0.260 e. The molecule has 6 heteroatoms. The van der Waals surface area contributed by atoms with Crippen LogP contribution in [0.15, 0.2) is 22.7 Å². The molecule has 0 saturated carbocycles. The van der Waals surface area contributed by atoms with Crippen molar-refractivity contribution in [2.45, 2.75) is 12.5 Å². The highest BCUT2D eigenvalue weighted by molar-refractivity contribution is 9.10. The Morgan fingerprint density at radius 1 is 1.61 bits per heavy atom. The van der Waals surface area contributed by atoms with E-state index in [1.54, 1.807) is 4.90 Å². The van der Waals surface area contributed by atoms with E-state index < -0.39 is 6.10 Å². The van der Waals surface area contributed by atoms with Gasteiger partial charge in [0.05, 0.1) is 10.6 Å². The highest BCUT2D eigenvalue weighted by Gasteiger charge is 2.24. The Kier molecular flexibility index (Phi) is 4.19. The summed E-state index contributed by atoms with van der Waals surface area (Å²) in [5.74, 6) is -0.129. The van der Waals surface area contributed by atoms with E-state index >= 15 is 0 Å². The number of likely N-dealkylation sites (tertiary alicyclic amines) is 1. The maximum Gasteiger partial charge on any atom is 0.260 e. The Morgan fingerprint density at radius 2 is 2.39 bits per heavy atom. The van der Waals surface area contributed by atoms with Crippen LogP contribution in [-0.2, 0) is 4.79 Å². The van der Waals surface area contributed by atoms with Gasteiger partial charge in [-0.1, -0.05) is 0 Å². The quantitative estimate of drug-likeness (QED) is 0.920. The van der Waals surface area contributed by atoms with Gasteiger partial charge in [-0.25, -0.2) is 4.39 Å². The van der Waals surface area contributed by atoms with Crippen molar-refractivity contribution in [3.63, 3.8) is 0 Å². The monoisotopic (exact) mass is 317 g/mol. The standard InChI is InChI=1S/C12H13BrFNO3/c13-10-5-8(14)1-2-11(10)18-7-12(17)15-4-3-9(16)6-15/h1-2,5,9,16H,3-4,6-7H2. The van der Waals surface area contributed by atoms with Crippen LogP contribution < -0.4 is 4.74 Å². The molecule has 1 aliphatic rings. The van der Waals surface area contributed by atoms with Crippen LogP contribution in [0.1, 0.15) is 6.42 Å². The van der Waals surface area contributed by atoms with E-state index in [1.165, 1.54) is 18.2 Å². The van der Waals surface area contributed by atoms with E-state index in [-0.39, 0.29) is 18.3 Å². The van der Waals surface area contributed by atoms with Gasteiger partial charge >= 0.3 is 0 Å². The molecule has 0 bridgehead atoms. The molecule has 1 unspecified atom stereocenters. The molecule has 2 rings (SSSR count). The van der Waals surface area contributed by atoms with Crippen molar-refractivity contribution in [3.8, 4) is 5.75 Å². The van der Waals surface area contributed by atoms with Crippen LogP contribution in [0.3, 0.4) is 0 Å². The molecule has 0 aromatic heterocycles. The second-order valence-corrected chi connectivity index (χ2v) is 5.00. The molecule has 1 fully saturated rings. The zero-order chi connectivity index (χ0) is 13.1. The van der Waals surface area contributed by atoms with Crippen molar-refractivity contribution in [1.29, 1.82) is 0 Å². The summed E-state index contributed by atoms with van der Waals surface area (Å²) in [5, 5.41) is 9.32. The predicted molar refractivity (Wildman–Crippen MR) is 66.8 cm³/mol. The molecule has 0 aliphatic carbocycles. The molecule has 4 nitrogen and oxygen atoms in total. The molecule has 0 radical (unpaired) electrons. The summed E-state index contributed by atoms with van der Waals surface area (Å²) in [5.41, 5.74) is 0. The third-order valence-electron chi connectivity index (χ3n) is 2.76. The number of nitrogens with zero attached hydrogens (tertiary/aromatic N) is 1. The van der Waals surface area contributed by atoms with Crippen LogP contribution in [-0.4, -0.2) is 41.7 Å². The van der Waals surface area contributed by atoms with Crippen molar-refractivity contribution in [2.24, 2.45) is 0 Å². The van der Waals surface area contributed by atoms with Gasteiger partial charge in [0.2, 0.25) is 0 Å². The Labute approximate surface area is 112 Å². The van der Waals surface area contributed by atoms with Crippen molar-refractivity contribution < 1.29 is 19.0 Å². The van der Waals surface area contributed by atoms with Gasteiger partial charge < -0.3 is 14.7 Å². The number of aliphatic hydroxyl groups is 1. The molecular formula is C12H13BrFNO3. The lowest BCUT2D eigenvalue weighted by Crippen LogP contribution is -2.33. The van der Waals surface area contributed by atoms with Gasteiger partial charge in [-0.2, -0.15) is 0 Å². The second kappa shape index (κ2) is 5.67. The maximum absolute atomic E-state index is 12.8. The minimum absolute atomic E-state index is 0.114. The first-order valence-corrected chi connectivity index (χ1v) is 6.39. The first-order valence-electron chi connectivity index (χ1n) is 5.60. The Bertz CT molecular complexity index is 455. The molecule has 1 saturated heterocycles. The number of amides is 1. The number of β-amino-alcohol motifs (C(OH)–C–C–N with tert-alkyl or cyclic N) is 1. The summed E-state index contributed by atoms with van der Waals surface area (Å²) < 4.78 is 18.6. The molecule has 1 atom stereocenters. The minimum atomic E-state index is -0.438. The number of aliphatic hydroxyl groups excluding tert-OH is 1. The van der Waals surface area contributed by atoms with E-state index in [1.807, 2.05) is 0 Å². The number of hydrogen-bond donors (Lipinski definition) is 1. The normalized spacial score (nSPS) is 19.1. The van der Waals surface area contributed by atoms with Crippen molar-refractivity contribution in [2.75, 3.05) is 19.7 Å². The Morgan fingerprint density at radius 3 is 3.00 bits per heavy atom. The van der Waals surface area contributed by atoms with Crippen molar-refractivity contribution in [3.05, 3.63) is 28.5 Å². The summed E-state index contributed by atoms with van der Waals surface area (Å²) in [6.45, 7) is 0.789. The first-order chi connectivity index (χ1) is 8.56. The number of ether oxygens (including phenoxy) is 1. The highest BCUT2D eigenvalue weighted by Crippen LogP contribution is 2.25. The Hall–Kier alpha value is -1.14. The number of halogens is 2. The highest BCUT2D eigenvalue weighted by atomic mass is 79.9. The fourth-order valence-corrected chi connectivity index (χ4v) is 2.26. The van der Waals surface area contributed by atoms with Crippen LogP contribution in [0.2, 0.25) is 0 Å². The SMILES string of the molecule is O=C(COc1ccc(F)cc1Br)N1CCC(O)C1. The van der Waals surface area contributed by atoms with E-state index in [2.05, 4.69) is 15.9 Å². The second-order valence-electron chi connectivity index (χ2n) is 4.15. The number of carbonyl (C=O) groups excluding carboxylic acids is 1. The van der Waals surface area contributed by atoms with Gasteiger partial charge in [0.25, 0.3) is 5.91 Å². The van der Waals surface area contributed by atoms with E-state index in [0.717, 1.165) is 0 Å². The van der Waals surface area contributed by atoms with Crippen LogP contribution in [0.25, 0.3) is 0 Å². The minimum Gasteiger partial charge on any atom is -0.483 e. The van der Waals surface area contributed by atoms with Gasteiger partial charge in [0, 0.05) is 13.1 Å². The van der Waals surface area contributed by atoms with Crippen LogP contribution in [0.5, 0.6) is 5.75 Å². The van der Waals surface area contributed by atoms with Crippen LogP contribution >= 0.6 is 15.9 Å². The van der Waals surface area contributed by atoms with Crippen LogP contribution in [0, 0.1) is 5.82 Å². The van der Waals surface area contributed by atoms with E-state index in [0.29, 0.717) is 29.7 Å². The lowest BCUT2D eigenvalue weighted by atomic mass is 10.3. The summed E-state index contributed by atoms with van der Waals surface area (Å²) >= 11 is 3.16. The first kappa shape index (κ1) is 13.3. The zero-order valence-electron chi connectivity index (χ0n) is 9.60. The summed E-state index contributed by atoms with van der Waals surface area (Å²) in [4.78, 5) is 13.3. The molecule has 1 aromatic carbocycles. The van der Waals surface area contributed by atoms with Crippen molar-refractivity contribution >= 4 is 21.8 Å². The fourth-order valence-electron chi connectivity index (χ4n) is 1.79. The molecule has 18 heavy (non-hydrogen) atoms. The van der Waals surface area contributed by atoms with Gasteiger partial charge in [-0.05, 0) is 40.5 Å². The lowest BCUT2D eigenvalue weighted by molar-refractivity contribution is -0.132. The molecule has 1 N–H and O–H groups in total. The molecule has 0 spiro atoms. The average molecular weight is 318 g/mol. The molecule has 1 heterocycles. The molecule has 98 valence electrons. The molecular weight excluding hydrogens is 305 g/mol. The third kappa shape index (κ3) is 3.20. The van der Waals surface area contributed by atoms with Crippen LogP contribution in [0.4, 0.5) is 4.39 Å². The number of benzene rings is 1. The molecule has 1 aromatic rings. The van der Waals surface area contributed by atoms with Gasteiger partial charge in [0.15, 0.2) is 6.61 Å². The van der Waals surface area contributed by atoms with Crippen molar-refractivity contribution in [1.82, 2.24) is 4.90 Å². The maximum atomic E-state index is 12.8. The molecule has 1 amide bonds. The van der Waals surface area contributed by atoms with E-state index in [4.69, 9.17) is 4.74 Å². The summed E-state index contributed by atoms with van der Waals surface area (Å²) in [6.07, 6.45) is 0.165. The van der Waals surface area contributed by atoms with Gasteiger partial charge in [-0.3, -0.25) is 4.79 Å². The zero-order valence-corrected chi connectivity index (χ0v) is 11.2. The number of hydrogen-bond acceptors (Lipinski definition) is 3. The average Bonchev–Trinajstić information content (AvgIpc) is 2.74. The topological polar surface area (TPSA) is 49.8 Å².